The van der Waals surface area contributed by atoms with Crippen LogP contribution in [0.25, 0.3) is 27.9 Å². The molecule has 0 amide bonds. The normalized spacial score (nSPS) is 12.4. The summed E-state index contributed by atoms with van der Waals surface area (Å²) < 4.78 is 10.1. The summed E-state index contributed by atoms with van der Waals surface area (Å²) in [5.74, 6) is -0.988. The fourth-order valence-corrected chi connectivity index (χ4v) is 4.65. The van der Waals surface area contributed by atoms with Crippen LogP contribution in [0, 0.1) is 5.21 Å². The quantitative estimate of drug-likeness (QED) is 0.193. The van der Waals surface area contributed by atoms with Gasteiger partial charge in [-0.15, -0.1) is 5.10 Å². The zero-order valence-electron chi connectivity index (χ0n) is 22.7. The maximum Gasteiger partial charge on any atom is 0.335 e. The van der Waals surface area contributed by atoms with E-state index in [0.717, 1.165) is 15.9 Å². The number of pyridine rings is 1. The summed E-state index contributed by atoms with van der Waals surface area (Å²) in [4.78, 5) is 11.2. The summed E-state index contributed by atoms with van der Waals surface area (Å²) in [5.41, 5.74) is 3.95. The molecule has 1 unspecified atom stereocenters. The minimum Gasteiger partial charge on any atom is -0.618 e. The van der Waals surface area contributed by atoms with Crippen LogP contribution < -0.4 is 4.73 Å². The van der Waals surface area contributed by atoms with Crippen molar-refractivity contribution in [3.8, 4) is 27.9 Å². The molecule has 3 aromatic heterocycles. The lowest BCUT2D eigenvalue weighted by Gasteiger charge is -2.22. The third-order valence-corrected chi connectivity index (χ3v) is 6.70. The molecule has 0 aliphatic rings. The molecule has 0 bridgehead atoms. The Morgan fingerprint density at radius 2 is 1.85 bits per heavy atom. The summed E-state index contributed by atoms with van der Waals surface area (Å²) in [7, 11) is 0. The molecule has 0 saturated carbocycles. The van der Waals surface area contributed by atoms with E-state index in [1.54, 1.807) is 59.4 Å². The van der Waals surface area contributed by atoms with Gasteiger partial charge in [0.05, 0.1) is 23.0 Å². The van der Waals surface area contributed by atoms with Crippen LogP contribution in [0.1, 0.15) is 49.3 Å². The lowest BCUT2D eigenvalue weighted by atomic mass is 10.0. The van der Waals surface area contributed by atoms with Crippen LogP contribution in [0.5, 0.6) is 0 Å². The smallest absolute Gasteiger partial charge is 0.335 e. The number of aromatic carboxylic acids is 1. The second kappa shape index (κ2) is 11.5. The van der Waals surface area contributed by atoms with Gasteiger partial charge >= 0.3 is 5.97 Å². The molecular formula is C29H28ClN7O4. The zero-order chi connectivity index (χ0) is 29.1. The summed E-state index contributed by atoms with van der Waals surface area (Å²) in [5, 5.41) is 39.2. The second-order valence-corrected chi connectivity index (χ2v) is 10.9. The van der Waals surface area contributed by atoms with Crippen molar-refractivity contribution in [3.63, 3.8) is 0 Å². The van der Waals surface area contributed by atoms with Gasteiger partial charge < -0.3 is 15.1 Å². The van der Waals surface area contributed by atoms with Gasteiger partial charge in [-0.3, -0.25) is 4.68 Å². The van der Waals surface area contributed by atoms with Gasteiger partial charge in [0.15, 0.2) is 6.20 Å². The van der Waals surface area contributed by atoms with Crippen molar-refractivity contribution in [2.75, 3.05) is 6.61 Å². The number of hydrogen-bond donors (Lipinski definition) is 1. The van der Waals surface area contributed by atoms with Gasteiger partial charge in [0, 0.05) is 47.0 Å². The summed E-state index contributed by atoms with van der Waals surface area (Å²) in [6, 6.07) is 15.0. The number of nitrogens with zero attached hydrogens (tertiary/aromatic N) is 7. The highest BCUT2D eigenvalue weighted by atomic mass is 35.5. The van der Waals surface area contributed by atoms with Gasteiger partial charge in [0.25, 0.3) is 0 Å². The monoisotopic (exact) mass is 573 g/mol. The molecule has 2 aromatic carbocycles. The molecule has 41 heavy (non-hydrogen) atoms. The van der Waals surface area contributed by atoms with E-state index >= 15 is 0 Å². The Bertz CT molecular complexity index is 1660. The van der Waals surface area contributed by atoms with E-state index in [9.17, 15) is 15.1 Å². The first-order valence-electron chi connectivity index (χ1n) is 12.9. The number of rotatable bonds is 9. The Kier molecular flexibility index (Phi) is 7.82. The Hall–Kier alpha value is -4.61. The highest BCUT2D eigenvalue weighted by molar-refractivity contribution is 6.31. The van der Waals surface area contributed by atoms with Crippen LogP contribution in [0.2, 0.25) is 5.02 Å². The number of carboxylic acid groups (broad SMARTS) is 1. The average molecular weight is 574 g/mol. The molecule has 1 N–H and O–H groups in total. The number of carbonyl (C=O) groups is 1. The first kappa shape index (κ1) is 27.9. The molecule has 0 radical (unpaired) electrons. The van der Waals surface area contributed by atoms with Crippen molar-refractivity contribution in [2.24, 2.45) is 0 Å². The van der Waals surface area contributed by atoms with Gasteiger partial charge in [0.1, 0.15) is 12.4 Å². The number of carboxylic acids is 1. The second-order valence-electron chi connectivity index (χ2n) is 10.4. The van der Waals surface area contributed by atoms with Crippen molar-refractivity contribution in [3.05, 3.63) is 101 Å². The van der Waals surface area contributed by atoms with Crippen molar-refractivity contribution in [1.82, 2.24) is 30.0 Å². The van der Waals surface area contributed by atoms with Crippen LogP contribution in [0.3, 0.4) is 0 Å². The largest absolute Gasteiger partial charge is 0.618 e. The van der Waals surface area contributed by atoms with Gasteiger partial charge in [-0.1, -0.05) is 23.7 Å². The van der Waals surface area contributed by atoms with Crippen molar-refractivity contribution < 1.29 is 19.4 Å². The zero-order valence-corrected chi connectivity index (χ0v) is 23.4. The van der Waals surface area contributed by atoms with Crippen molar-refractivity contribution in [2.45, 2.75) is 38.8 Å². The predicted molar refractivity (Wildman–Crippen MR) is 152 cm³/mol. The third kappa shape index (κ3) is 6.42. The molecule has 0 spiro atoms. The topological polar surface area (TPSA) is 135 Å². The molecule has 11 nitrogen and oxygen atoms in total. The van der Waals surface area contributed by atoms with Gasteiger partial charge in [0.2, 0.25) is 5.69 Å². The molecule has 1 atom stereocenters. The maximum atomic E-state index is 13.5. The van der Waals surface area contributed by atoms with E-state index in [4.69, 9.17) is 16.3 Å². The standard InChI is InChI=1S/C29H28ClN7O4/c1-29(2,3)41-13-12-26(35-16-22(15-32-35)19-4-6-20(7-5-19)28(38)39)27-10-8-21(17-37(27)40)24-14-23(30)9-11-25(24)36-18-31-33-34-36/h4-11,14-18,26H,12-13H2,1-3H3,(H,38,39). The first-order chi connectivity index (χ1) is 19.6. The van der Waals surface area contributed by atoms with Crippen LogP contribution in [-0.4, -0.2) is 53.3 Å². The fourth-order valence-electron chi connectivity index (χ4n) is 4.48. The average Bonchev–Trinajstić information content (AvgIpc) is 3.64. The third-order valence-electron chi connectivity index (χ3n) is 6.46. The molecule has 0 aliphatic carbocycles. The number of halogens is 1. The fraction of sp³-hybridized carbons (Fsp3) is 0.241. The van der Waals surface area contributed by atoms with Crippen LogP contribution >= 0.6 is 11.6 Å². The summed E-state index contributed by atoms with van der Waals surface area (Å²) >= 11 is 6.30. The molecule has 0 fully saturated rings. The Morgan fingerprint density at radius 1 is 1.10 bits per heavy atom. The molecule has 210 valence electrons. The molecule has 12 heteroatoms. The number of aromatic nitrogens is 7. The van der Waals surface area contributed by atoms with E-state index in [1.807, 2.05) is 33.0 Å². The van der Waals surface area contributed by atoms with Gasteiger partial charge in [-0.2, -0.15) is 14.5 Å². The molecule has 0 aliphatic heterocycles. The summed E-state index contributed by atoms with van der Waals surface area (Å²) in [6.45, 7) is 6.33. The first-order valence-corrected chi connectivity index (χ1v) is 13.2. The molecule has 3 heterocycles. The maximum absolute atomic E-state index is 13.5. The van der Waals surface area contributed by atoms with E-state index < -0.39 is 12.0 Å². The van der Waals surface area contributed by atoms with Gasteiger partial charge in [-0.05, 0) is 73.2 Å². The number of benzene rings is 2. The lowest BCUT2D eigenvalue weighted by Crippen LogP contribution is -2.36. The van der Waals surface area contributed by atoms with Crippen molar-refractivity contribution >= 4 is 17.6 Å². The number of hydrogen-bond acceptors (Lipinski definition) is 7. The highest BCUT2D eigenvalue weighted by Crippen LogP contribution is 2.30. The Balaban J connectivity index is 1.50. The number of tetrazole rings is 1. The predicted octanol–water partition coefficient (Wildman–Crippen LogP) is 4.97. The SMILES string of the molecule is CC(C)(C)OCCC(c1ccc(-c2cc(Cl)ccc2-n2cnnn2)c[n+]1[O-])n1cc(-c2ccc(C(=O)O)cc2)cn1. The highest BCUT2D eigenvalue weighted by Gasteiger charge is 2.25. The van der Waals surface area contributed by atoms with E-state index in [2.05, 4.69) is 20.6 Å². The summed E-state index contributed by atoms with van der Waals surface area (Å²) in [6.07, 6.45) is 7.01. The molecule has 5 rings (SSSR count). The van der Waals surface area contributed by atoms with Crippen molar-refractivity contribution in [1.29, 1.82) is 0 Å². The minimum absolute atomic E-state index is 0.203. The van der Waals surface area contributed by atoms with E-state index in [0.29, 0.717) is 40.6 Å². The Morgan fingerprint density at radius 3 is 2.51 bits per heavy atom. The number of ether oxygens (including phenoxy) is 1. The minimum atomic E-state index is -0.988. The Labute approximate surface area is 241 Å². The van der Waals surface area contributed by atoms with Gasteiger partial charge in [-0.25, -0.2) is 4.79 Å². The molecular weight excluding hydrogens is 546 g/mol. The molecule has 5 aromatic rings. The van der Waals surface area contributed by atoms with Crippen LogP contribution in [-0.2, 0) is 4.74 Å². The van der Waals surface area contributed by atoms with Crippen LogP contribution in [0.4, 0.5) is 0 Å². The molecule has 0 saturated heterocycles. The van der Waals surface area contributed by atoms with Crippen LogP contribution in [0.15, 0.2) is 79.5 Å². The lowest BCUT2D eigenvalue weighted by molar-refractivity contribution is -0.615. The van der Waals surface area contributed by atoms with E-state index in [1.165, 1.54) is 17.2 Å². The van der Waals surface area contributed by atoms with E-state index in [-0.39, 0.29) is 11.2 Å².